The lowest BCUT2D eigenvalue weighted by Gasteiger charge is -2.26. The third kappa shape index (κ3) is 4.00. The summed E-state index contributed by atoms with van der Waals surface area (Å²) >= 11 is 1.60. The molecule has 0 aliphatic carbocycles. The Labute approximate surface area is 176 Å². The quantitative estimate of drug-likeness (QED) is 0.671. The molecule has 1 aromatic carbocycles. The first-order valence-corrected chi connectivity index (χ1v) is 11.0. The molecule has 1 saturated heterocycles. The summed E-state index contributed by atoms with van der Waals surface area (Å²) in [6, 6.07) is 13.0. The van der Waals surface area contributed by atoms with Crippen LogP contribution in [0.4, 0.5) is 5.82 Å². The van der Waals surface area contributed by atoms with Crippen LogP contribution in [0.5, 0.6) is 0 Å². The van der Waals surface area contributed by atoms with Gasteiger partial charge in [0.25, 0.3) is 5.91 Å². The predicted molar refractivity (Wildman–Crippen MR) is 121 cm³/mol. The van der Waals surface area contributed by atoms with E-state index in [9.17, 15) is 4.79 Å². The molecular weight excluding hydrogens is 380 g/mol. The summed E-state index contributed by atoms with van der Waals surface area (Å²) in [5, 5.41) is 4.04. The van der Waals surface area contributed by atoms with E-state index in [2.05, 4.69) is 44.4 Å². The topological polar surface area (TPSA) is 48.5 Å². The molecule has 0 saturated carbocycles. The molecule has 1 amide bonds. The maximum absolute atomic E-state index is 12.5. The van der Waals surface area contributed by atoms with E-state index in [1.807, 2.05) is 32.4 Å². The fraction of sp³-hybridized carbons (Fsp3) is 0.391. The Morgan fingerprint density at radius 2 is 2.10 bits per heavy atom. The van der Waals surface area contributed by atoms with Gasteiger partial charge in [-0.05, 0) is 48.9 Å². The zero-order valence-corrected chi connectivity index (χ0v) is 18.1. The van der Waals surface area contributed by atoms with Crippen molar-refractivity contribution >= 4 is 33.1 Å². The lowest BCUT2D eigenvalue weighted by atomic mass is 10.00. The van der Waals surface area contributed by atoms with Crippen molar-refractivity contribution in [2.75, 3.05) is 32.6 Å². The van der Waals surface area contributed by atoms with E-state index in [4.69, 9.17) is 0 Å². The number of thiophene rings is 1. The average molecular weight is 409 g/mol. The first-order chi connectivity index (χ1) is 14.1. The molecule has 3 aromatic rings. The Morgan fingerprint density at radius 1 is 1.28 bits per heavy atom. The Bertz CT molecular complexity index is 1010. The van der Waals surface area contributed by atoms with Crippen LogP contribution < -0.4 is 10.2 Å². The van der Waals surface area contributed by atoms with Crippen molar-refractivity contribution in [1.82, 2.24) is 15.2 Å². The van der Waals surface area contributed by atoms with Crippen LogP contribution in [0.25, 0.3) is 10.1 Å². The number of fused-ring (bicyclic) bond motifs is 1. The SMILES string of the molecule is CNC(=O)c1sc2ccccc2c1CC1CCCN1Cc1cccnc1N(C)C. The normalized spacial score (nSPS) is 17.0. The molecule has 4 rings (SSSR count). The number of hydrogen-bond donors (Lipinski definition) is 1. The highest BCUT2D eigenvalue weighted by atomic mass is 32.1. The van der Waals surface area contributed by atoms with Gasteiger partial charge >= 0.3 is 0 Å². The lowest BCUT2D eigenvalue weighted by molar-refractivity contribution is 0.0966. The second-order valence-electron chi connectivity index (χ2n) is 7.84. The number of likely N-dealkylation sites (tertiary alicyclic amines) is 1. The standard InChI is InChI=1S/C23H28N4OS/c1-24-23(28)21-19(18-10-4-5-11-20(18)29-21)14-17-9-7-13-27(17)15-16-8-6-12-25-22(16)26(2)3/h4-6,8,10-12,17H,7,9,13-15H2,1-3H3,(H,24,28). The van der Waals surface area contributed by atoms with Gasteiger partial charge in [-0.15, -0.1) is 11.3 Å². The Balaban J connectivity index is 1.62. The van der Waals surface area contributed by atoms with Crippen molar-refractivity contribution < 1.29 is 4.79 Å². The van der Waals surface area contributed by atoms with E-state index in [1.54, 1.807) is 18.4 Å². The van der Waals surface area contributed by atoms with Crippen LogP contribution in [-0.2, 0) is 13.0 Å². The number of carbonyl (C=O) groups is 1. The van der Waals surface area contributed by atoms with Crippen LogP contribution in [0.15, 0.2) is 42.6 Å². The number of rotatable bonds is 6. The van der Waals surface area contributed by atoms with Crippen LogP contribution in [0.2, 0.25) is 0 Å². The van der Waals surface area contributed by atoms with Gasteiger partial charge < -0.3 is 10.2 Å². The Kier molecular flexibility index (Phi) is 5.83. The molecule has 2 aromatic heterocycles. The number of nitrogens with zero attached hydrogens (tertiary/aromatic N) is 3. The van der Waals surface area contributed by atoms with Gasteiger partial charge in [0.15, 0.2) is 0 Å². The fourth-order valence-corrected chi connectivity index (χ4v) is 5.52. The van der Waals surface area contributed by atoms with Crippen molar-refractivity contribution in [3.63, 3.8) is 0 Å². The van der Waals surface area contributed by atoms with Gasteiger partial charge in [0.05, 0.1) is 4.88 Å². The first-order valence-electron chi connectivity index (χ1n) is 10.2. The predicted octanol–water partition coefficient (Wildman–Crippen LogP) is 3.93. The van der Waals surface area contributed by atoms with Crippen molar-refractivity contribution in [2.24, 2.45) is 0 Å². The van der Waals surface area contributed by atoms with Gasteiger partial charge in [0.2, 0.25) is 0 Å². The molecule has 3 heterocycles. The van der Waals surface area contributed by atoms with Gasteiger partial charge in [-0.25, -0.2) is 4.98 Å². The third-order valence-electron chi connectivity index (χ3n) is 5.73. The number of amides is 1. The average Bonchev–Trinajstić information content (AvgIpc) is 3.33. The number of benzene rings is 1. The van der Waals surface area contributed by atoms with Gasteiger partial charge in [0.1, 0.15) is 5.82 Å². The highest BCUT2D eigenvalue weighted by Crippen LogP contribution is 2.35. The summed E-state index contributed by atoms with van der Waals surface area (Å²) < 4.78 is 1.19. The fourth-order valence-electron chi connectivity index (χ4n) is 4.34. The van der Waals surface area contributed by atoms with Gasteiger partial charge in [-0.3, -0.25) is 9.69 Å². The molecule has 1 unspecified atom stereocenters. The number of anilines is 1. The van der Waals surface area contributed by atoms with E-state index in [1.165, 1.54) is 27.6 Å². The molecule has 0 spiro atoms. The highest BCUT2D eigenvalue weighted by molar-refractivity contribution is 7.21. The van der Waals surface area contributed by atoms with Crippen LogP contribution in [0.3, 0.4) is 0 Å². The molecule has 1 fully saturated rings. The zero-order valence-electron chi connectivity index (χ0n) is 17.3. The summed E-state index contributed by atoms with van der Waals surface area (Å²) in [4.78, 5) is 22.6. The van der Waals surface area contributed by atoms with Crippen molar-refractivity contribution in [3.05, 3.63) is 58.6 Å². The minimum absolute atomic E-state index is 0.0212. The number of aromatic nitrogens is 1. The van der Waals surface area contributed by atoms with Crippen LogP contribution >= 0.6 is 11.3 Å². The molecule has 1 N–H and O–H groups in total. The minimum atomic E-state index is 0.0212. The lowest BCUT2D eigenvalue weighted by Crippen LogP contribution is -2.32. The van der Waals surface area contributed by atoms with E-state index in [0.29, 0.717) is 6.04 Å². The molecule has 152 valence electrons. The molecule has 1 atom stereocenters. The van der Waals surface area contributed by atoms with Crippen molar-refractivity contribution in [2.45, 2.75) is 31.8 Å². The highest BCUT2D eigenvalue weighted by Gasteiger charge is 2.28. The molecular formula is C23H28N4OS. The Morgan fingerprint density at radius 3 is 2.90 bits per heavy atom. The number of pyridine rings is 1. The third-order valence-corrected chi connectivity index (χ3v) is 6.95. The van der Waals surface area contributed by atoms with E-state index < -0.39 is 0 Å². The van der Waals surface area contributed by atoms with Gasteiger partial charge in [-0.1, -0.05) is 24.3 Å². The van der Waals surface area contributed by atoms with E-state index >= 15 is 0 Å². The molecule has 1 aliphatic rings. The summed E-state index contributed by atoms with van der Waals surface area (Å²) in [5.41, 5.74) is 2.45. The molecule has 1 aliphatic heterocycles. The first kappa shape index (κ1) is 19.9. The second-order valence-corrected chi connectivity index (χ2v) is 8.89. The zero-order chi connectivity index (χ0) is 20.4. The molecule has 0 bridgehead atoms. The summed E-state index contributed by atoms with van der Waals surface area (Å²) in [6.45, 7) is 1.98. The number of nitrogens with one attached hydrogen (secondary N) is 1. The van der Waals surface area contributed by atoms with Gasteiger partial charge in [-0.2, -0.15) is 0 Å². The summed E-state index contributed by atoms with van der Waals surface area (Å²) in [6.07, 6.45) is 5.12. The maximum atomic E-state index is 12.5. The van der Waals surface area contributed by atoms with Gasteiger partial charge in [0, 0.05) is 50.2 Å². The van der Waals surface area contributed by atoms with Crippen LogP contribution in [0, 0.1) is 0 Å². The Hall–Kier alpha value is -2.44. The monoisotopic (exact) mass is 408 g/mol. The van der Waals surface area contributed by atoms with Crippen molar-refractivity contribution in [1.29, 1.82) is 0 Å². The van der Waals surface area contributed by atoms with E-state index in [-0.39, 0.29) is 5.91 Å². The number of hydrogen-bond acceptors (Lipinski definition) is 5. The van der Waals surface area contributed by atoms with Crippen molar-refractivity contribution in [3.8, 4) is 0 Å². The maximum Gasteiger partial charge on any atom is 0.261 e. The second kappa shape index (κ2) is 8.51. The number of carbonyl (C=O) groups excluding carboxylic acids is 1. The summed E-state index contributed by atoms with van der Waals surface area (Å²) in [7, 11) is 5.80. The largest absolute Gasteiger partial charge is 0.362 e. The van der Waals surface area contributed by atoms with Crippen LogP contribution in [-0.4, -0.2) is 49.5 Å². The molecule has 29 heavy (non-hydrogen) atoms. The molecule has 0 radical (unpaired) electrons. The smallest absolute Gasteiger partial charge is 0.261 e. The molecule has 6 heteroatoms. The van der Waals surface area contributed by atoms with Crippen LogP contribution in [0.1, 0.15) is 33.6 Å². The molecule has 5 nitrogen and oxygen atoms in total. The minimum Gasteiger partial charge on any atom is -0.362 e. The van der Waals surface area contributed by atoms with E-state index in [0.717, 1.165) is 36.6 Å². The summed E-state index contributed by atoms with van der Waals surface area (Å²) in [5.74, 6) is 1.05.